The Kier molecular flexibility index (Phi) is 1.33. The first-order valence-corrected chi connectivity index (χ1v) is 4.30. The molecule has 2 aliphatic rings. The third-order valence-electron chi connectivity index (χ3n) is 2.77. The van der Waals surface area contributed by atoms with E-state index in [-0.39, 0.29) is 0 Å². The van der Waals surface area contributed by atoms with Gasteiger partial charge in [-0.15, -0.1) is 0 Å². The molecule has 2 unspecified atom stereocenters. The fourth-order valence-electron chi connectivity index (χ4n) is 1.51. The maximum Gasteiger partial charge on any atom is 0.136 e. The second kappa shape index (κ2) is 2.08. The molecule has 2 rings (SSSR count). The minimum absolute atomic E-state index is 0.493. The third kappa shape index (κ3) is 1.23. The zero-order valence-electron chi connectivity index (χ0n) is 6.47. The summed E-state index contributed by atoms with van der Waals surface area (Å²) in [5.74, 6) is 2.66. The van der Waals surface area contributed by atoms with Crippen molar-refractivity contribution in [2.45, 2.75) is 32.6 Å². The Morgan fingerprint density at radius 3 is 2.50 bits per heavy atom. The highest BCUT2D eigenvalue weighted by Gasteiger charge is 2.38. The normalized spacial score (nSPS) is 37.7. The minimum atomic E-state index is 0.493. The monoisotopic (exact) mass is 138 g/mol. The van der Waals surface area contributed by atoms with Crippen molar-refractivity contribution >= 4 is 5.78 Å². The Balaban J connectivity index is 1.74. The van der Waals surface area contributed by atoms with Gasteiger partial charge >= 0.3 is 0 Å². The molecule has 0 radical (unpaired) electrons. The fourth-order valence-corrected chi connectivity index (χ4v) is 1.51. The van der Waals surface area contributed by atoms with E-state index in [9.17, 15) is 4.79 Å². The fraction of sp³-hybridized carbons (Fsp3) is 0.889. The van der Waals surface area contributed by atoms with Crippen molar-refractivity contribution in [1.29, 1.82) is 0 Å². The lowest BCUT2D eigenvalue weighted by molar-refractivity contribution is -0.120. The van der Waals surface area contributed by atoms with Crippen LogP contribution in [0.2, 0.25) is 0 Å². The first-order chi connectivity index (χ1) is 4.77. The highest BCUT2D eigenvalue weighted by molar-refractivity contribution is 5.83. The van der Waals surface area contributed by atoms with Crippen molar-refractivity contribution < 1.29 is 4.79 Å². The van der Waals surface area contributed by atoms with Crippen molar-refractivity contribution in [2.24, 2.45) is 17.8 Å². The van der Waals surface area contributed by atoms with E-state index in [2.05, 4.69) is 6.92 Å². The molecule has 0 spiro atoms. The lowest BCUT2D eigenvalue weighted by Gasteiger charge is -1.93. The number of hydrogen-bond acceptors (Lipinski definition) is 1. The summed E-state index contributed by atoms with van der Waals surface area (Å²) in [5.41, 5.74) is 0. The Hall–Kier alpha value is -0.330. The molecule has 0 aromatic rings. The number of carbonyl (C=O) groups is 1. The van der Waals surface area contributed by atoms with E-state index in [1.54, 1.807) is 0 Å². The molecule has 0 bridgehead atoms. The Bertz CT molecular complexity index is 158. The van der Waals surface area contributed by atoms with Crippen LogP contribution in [0.4, 0.5) is 0 Å². The summed E-state index contributed by atoms with van der Waals surface area (Å²) < 4.78 is 0. The van der Waals surface area contributed by atoms with Crippen LogP contribution in [0.5, 0.6) is 0 Å². The molecule has 2 aliphatic carbocycles. The highest BCUT2D eigenvalue weighted by Crippen LogP contribution is 2.43. The summed E-state index contributed by atoms with van der Waals surface area (Å²) in [5, 5.41) is 0. The van der Waals surface area contributed by atoms with E-state index < -0.39 is 0 Å². The molecule has 2 atom stereocenters. The molecule has 0 N–H and O–H groups in total. The minimum Gasteiger partial charge on any atom is -0.299 e. The second-order valence-electron chi connectivity index (χ2n) is 3.92. The van der Waals surface area contributed by atoms with Crippen LogP contribution >= 0.6 is 0 Å². The van der Waals surface area contributed by atoms with E-state index in [1.165, 1.54) is 19.3 Å². The van der Waals surface area contributed by atoms with Crippen molar-refractivity contribution in [3.05, 3.63) is 0 Å². The number of Topliss-reactive ketones (excluding diaryl/α,β-unsaturated/α-hetero) is 1. The molecule has 0 aromatic heterocycles. The van der Waals surface area contributed by atoms with Crippen molar-refractivity contribution in [3.8, 4) is 0 Å². The van der Waals surface area contributed by atoms with Crippen LogP contribution in [-0.4, -0.2) is 5.78 Å². The van der Waals surface area contributed by atoms with Gasteiger partial charge in [0.25, 0.3) is 0 Å². The van der Waals surface area contributed by atoms with Gasteiger partial charge in [-0.05, 0) is 31.1 Å². The van der Waals surface area contributed by atoms with Crippen molar-refractivity contribution in [2.75, 3.05) is 0 Å². The van der Waals surface area contributed by atoms with Crippen LogP contribution in [0, 0.1) is 17.8 Å². The van der Waals surface area contributed by atoms with Gasteiger partial charge in [0.05, 0.1) is 0 Å². The highest BCUT2D eigenvalue weighted by atomic mass is 16.1. The molecule has 0 aromatic carbocycles. The molecular weight excluding hydrogens is 124 g/mol. The van der Waals surface area contributed by atoms with E-state index >= 15 is 0 Å². The quantitative estimate of drug-likeness (QED) is 0.583. The van der Waals surface area contributed by atoms with Crippen LogP contribution in [0.25, 0.3) is 0 Å². The van der Waals surface area contributed by atoms with Gasteiger partial charge in [0.1, 0.15) is 5.78 Å². The van der Waals surface area contributed by atoms with Crippen LogP contribution in [0.1, 0.15) is 32.6 Å². The zero-order valence-corrected chi connectivity index (χ0v) is 6.47. The predicted molar refractivity (Wildman–Crippen MR) is 39.6 cm³/mol. The molecule has 1 heteroatoms. The van der Waals surface area contributed by atoms with Crippen LogP contribution < -0.4 is 0 Å². The van der Waals surface area contributed by atoms with Crippen LogP contribution in [0.3, 0.4) is 0 Å². The summed E-state index contributed by atoms with van der Waals surface area (Å²) in [6.45, 7) is 2.24. The third-order valence-corrected chi connectivity index (χ3v) is 2.77. The van der Waals surface area contributed by atoms with Gasteiger partial charge in [0.2, 0.25) is 0 Å². The van der Waals surface area contributed by atoms with Gasteiger partial charge in [-0.3, -0.25) is 4.79 Å². The zero-order chi connectivity index (χ0) is 7.14. The lowest BCUT2D eigenvalue weighted by Crippen LogP contribution is -2.01. The SMILES string of the molecule is CC1CC1CC(=O)C1CC1. The second-order valence-corrected chi connectivity index (χ2v) is 3.92. The molecule has 2 saturated carbocycles. The molecule has 0 saturated heterocycles. The molecular formula is C9H14O. The van der Waals surface area contributed by atoms with Crippen molar-refractivity contribution in [1.82, 2.24) is 0 Å². The van der Waals surface area contributed by atoms with Crippen LogP contribution in [0.15, 0.2) is 0 Å². The molecule has 10 heavy (non-hydrogen) atoms. The number of carbonyl (C=O) groups excluding carboxylic acids is 1. The summed E-state index contributed by atoms with van der Waals surface area (Å²) in [7, 11) is 0. The van der Waals surface area contributed by atoms with Gasteiger partial charge in [0.15, 0.2) is 0 Å². The Morgan fingerprint density at radius 2 is 2.10 bits per heavy atom. The number of ketones is 1. The number of rotatable bonds is 3. The largest absolute Gasteiger partial charge is 0.299 e. The van der Waals surface area contributed by atoms with Gasteiger partial charge < -0.3 is 0 Å². The maximum absolute atomic E-state index is 11.2. The average molecular weight is 138 g/mol. The van der Waals surface area contributed by atoms with Crippen LogP contribution in [-0.2, 0) is 4.79 Å². The number of hydrogen-bond donors (Lipinski definition) is 0. The smallest absolute Gasteiger partial charge is 0.136 e. The molecule has 56 valence electrons. The predicted octanol–water partition coefficient (Wildman–Crippen LogP) is 2.01. The molecule has 0 amide bonds. The summed E-state index contributed by atoms with van der Waals surface area (Å²) in [6, 6.07) is 0. The topological polar surface area (TPSA) is 17.1 Å². The lowest BCUT2D eigenvalue weighted by atomic mass is 10.1. The summed E-state index contributed by atoms with van der Waals surface area (Å²) in [6.07, 6.45) is 4.56. The van der Waals surface area contributed by atoms with E-state index in [0.29, 0.717) is 11.7 Å². The summed E-state index contributed by atoms with van der Waals surface area (Å²) in [4.78, 5) is 11.2. The first-order valence-electron chi connectivity index (χ1n) is 4.30. The molecule has 0 aliphatic heterocycles. The molecule has 1 nitrogen and oxygen atoms in total. The Morgan fingerprint density at radius 1 is 1.50 bits per heavy atom. The maximum atomic E-state index is 11.2. The standard InChI is InChI=1S/C9H14O/c1-6-4-8(6)5-9(10)7-2-3-7/h6-8H,2-5H2,1H3. The Labute approximate surface area is 61.8 Å². The van der Waals surface area contributed by atoms with E-state index in [4.69, 9.17) is 0 Å². The first kappa shape index (κ1) is 6.38. The van der Waals surface area contributed by atoms with E-state index in [1.807, 2.05) is 0 Å². The molecule has 0 heterocycles. The average Bonchev–Trinajstić information content (AvgIpc) is 2.66. The van der Waals surface area contributed by atoms with Gasteiger partial charge in [0, 0.05) is 12.3 Å². The van der Waals surface area contributed by atoms with Gasteiger partial charge in [-0.1, -0.05) is 6.92 Å². The van der Waals surface area contributed by atoms with Crippen molar-refractivity contribution in [3.63, 3.8) is 0 Å². The summed E-state index contributed by atoms with van der Waals surface area (Å²) >= 11 is 0. The molecule has 2 fully saturated rings. The van der Waals surface area contributed by atoms with Gasteiger partial charge in [-0.25, -0.2) is 0 Å². The van der Waals surface area contributed by atoms with E-state index in [0.717, 1.165) is 18.3 Å². The van der Waals surface area contributed by atoms with Gasteiger partial charge in [-0.2, -0.15) is 0 Å².